The molecule has 1 aromatic carbocycles. The molecule has 0 spiro atoms. The predicted octanol–water partition coefficient (Wildman–Crippen LogP) is 3.39. The average molecular weight is 260 g/mol. The molecule has 1 saturated heterocycles. The summed E-state index contributed by atoms with van der Waals surface area (Å²) in [6.45, 7) is 11.4. The Balaban J connectivity index is 2.33. The average Bonchev–Trinajstić information content (AvgIpc) is 2.58. The van der Waals surface area contributed by atoms with Crippen LogP contribution in [0.5, 0.6) is 0 Å². The number of para-hydroxylation sites is 1. The number of benzene rings is 1. The quantitative estimate of drug-likeness (QED) is 0.896. The first-order valence-corrected chi connectivity index (χ1v) is 7.77. The molecule has 2 atom stereocenters. The van der Waals surface area contributed by atoms with Gasteiger partial charge in [-0.15, -0.1) is 0 Å². The van der Waals surface area contributed by atoms with Crippen molar-refractivity contribution in [1.29, 1.82) is 0 Å². The highest BCUT2D eigenvalue weighted by atomic mass is 15.2. The molecule has 1 N–H and O–H groups in total. The van der Waals surface area contributed by atoms with E-state index in [0.717, 1.165) is 19.4 Å². The Hall–Kier alpha value is -1.02. The van der Waals surface area contributed by atoms with E-state index in [4.69, 9.17) is 0 Å². The fourth-order valence-corrected chi connectivity index (χ4v) is 3.22. The normalized spacial score (nSPS) is 24.3. The number of hydrogen-bond acceptors (Lipinski definition) is 2. The minimum Gasteiger partial charge on any atom is -0.369 e. The molecule has 0 saturated carbocycles. The van der Waals surface area contributed by atoms with Gasteiger partial charge >= 0.3 is 0 Å². The molecule has 0 aromatic heterocycles. The highest BCUT2D eigenvalue weighted by molar-refractivity contribution is 5.60. The third kappa shape index (κ3) is 3.30. The van der Waals surface area contributed by atoms with Gasteiger partial charge in [0.25, 0.3) is 0 Å². The molecule has 0 aliphatic carbocycles. The van der Waals surface area contributed by atoms with Gasteiger partial charge in [-0.05, 0) is 44.2 Å². The maximum Gasteiger partial charge on any atom is 0.0431 e. The minimum absolute atomic E-state index is 0.562. The summed E-state index contributed by atoms with van der Waals surface area (Å²) in [5.41, 5.74) is 4.51. The number of nitrogens with zero attached hydrogens (tertiary/aromatic N) is 1. The van der Waals surface area contributed by atoms with Crippen molar-refractivity contribution < 1.29 is 0 Å². The second kappa shape index (κ2) is 6.42. The Morgan fingerprint density at radius 2 is 1.74 bits per heavy atom. The molecule has 2 unspecified atom stereocenters. The summed E-state index contributed by atoms with van der Waals surface area (Å²) in [4.78, 5) is 2.61. The van der Waals surface area contributed by atoms with Gasteiger partial charge in [0.1, 0.15) is 0 Å². The Kier molecular flexibility index (Phi) is 4.87. The van der Waals surface area contributed by atoms with Gasteiger partial charge in [-0.25, -0.2) is 0 Å². The third-order valence-electron chi connectivity index (χ3n) is 4.18. The van der Waals surface area contributed by atoms with Crippen LogP contribution >= 0.6 is 0 Å². The van der Waals surface area contributed by atoms with Gasteiger partial charge in [0, 0.05) is 30.9 Å². The first-order chi connectivity index (χ1) is 9.15. The molecule has 106 valence electrons. The Bertz CT molecular complexity index is 391. The number of nitrogens with one attached hydrogen (secondary N) is 1. The molecule has 1 fully saturated rings. The number of aryl methyl sites for hydroxylation is 2. The van der Waals surface area contributed by atoms with E-state index in [1.54, 1.807) is 0 Å². The van der Waals surface area contributed by atoms with E-state index in [-0.39, 0.29) is 0 Å². The van der Waals surface area contributed by atoms with Crippen molar-refractivity contribution in [2.75, 3.05) is 18.0 Å². The zero-order chi connectivity index (χ0) is 13.8. The lowest BCUT2D eigenvalue weighted by Gasteiger charge is -2.29. The van der Waals surface area contributed by atoms with Crippen LogP contribution in [0, 0.1) is 0 Å². The van der Waals surface area contributed by atoms with Gasteiger partial charge in [-0.2, -0.15) is 0 Å². The minimum atomic E-state index is 0.562. The van der Waals surface area contributed by atoms with Gasteiger partial charge < -0.3 is 10.2 Å². The van der Waals surface area contributed by atoms with E-state index in [0.29, 0.717) is 12.1 Å². The smallest absolute Gasteiger partial charge is 0.0431 e. The topological polar surface area (TPSA) is 15.3 Å². The van der Waals surface area contributed by atoms with Crippen LogP contribution in [0.4, 0.5) is 5.69 Å². The van der Waals surface area contributed by atoms with Crippen LogP contribution in [0.25, 0.3) is 0 Å². The van der Waals surface area contributed by atoms with E-state index in [9.17, 15) is 0 Å². The second-order valence-corrected chi connectivity index (χ2v) is 5.84. The Morgan fingerprint density at radius 1 is 1.11 bits per heavy atom. The molecule has 2 heteroatoms. The van der Waals surface area contributed by atoms with Crippen molar-refractivity contribution in [1.82, 2.24) is 5.32 Å². The molecule has 1 heterocycles. The molecular weight excluding hydrogens is 232 g/mol. The van der Waals surface area contributed by atoms with Gasteiger partial charge in [0.2, 0.25) is 0 Å². The van der Waals surface area contributed by atoms with E-state index < -0.39 is 0 Å². The summed E-state index contributed by atoms with van der Waals surface area (Å²) in [5.74, 6) is 0. The van der Waals surface area contributed by atoms with Crippen molar-refractivity contribution in [2.45, 2.75) is 59.0 Å². The lowest BCUT2D eigenvalue weighted by molar-refractivity contribution is 0.492. The van der Waals surface area contributed by atoms with Gasteiger partial charge in [0.05, 0.1) is 0 Å². The first-order valence-electron chi connectivity index (χ1n) is 7.77. The number of hydrogen-bond donors (Lipinski definition) is 1. The molecule has 1 aliphatic rings. The molecule has 0 bridgehead atoms. The molecule has 2 nitrogen and oxygen atoms in total. The zero-order valence-electron chi connectivity index (χ0n) is 12.9. The first kappa shape index (κ1) is 14.4. The maximum absolute atomic E-state index is 3.67. The van der Waals surface area contributed by atoms with Crippen LogP contribution in [0.15, 0.2) is 18.2 Å². The lowest BCUT2D eigenvalue weighted by atomic mass is 10.0. The van der Waals surface area contributed by atoms with Gasteiger partial charge in [-0.3, -0.25) is 0 Å². The lowest BCUT2D eigenvalue weighted by Crippen LogP contribution is -2.38. The summed E-state index contributed by atoms with van der Waals surface area (Å²) in [5, 5.41) is 3.67. The van der Waals surface area contributed by atoms with E-state index in [2.05, 4.69) is 56.1 Å². The number of anilines is 1. The standard InChI is InChI=1S/C17H28N2/c1-5-15-8-7-9-16(6-2)17(15)19-11-10-13(3)18-14(4)12-19/h7-9,13-14,18H,5-6,10-12H2,1-4H3. The molecular formula is C17H28N2. The van der Waals surface area contributed by atoms with E-state index >= 15 is 0 Å². The Morgan fingerprint density at radius 3 is 2.32 bits per heavy atom. The van der Waals surface area contributed by atoms with Crippen LogP contribution < -0.4 is 10.2 Å². The molecule has 1 aromatic rings. The van der Waals surface area contributed by atoms with Crippen molar-refractivity contribution in [3.8, 4) is 0 Å². The maximum atomic E-state index is 3.67. The summed E-state index contributed by atoms with van der Waals surface area (Å²) in [7, 11) is 0. The highest BCUT2D eigenvalue weighted by Crippen LogP contribution is 2.28. The molecule has 19 heavy (non-hydrogen) atoms. The highest BCUT2D eigenvalue weighted by Gasteiger charge is 2.21. The zero-order valence-corrected chi connectivity index (χ0v) is 12.9. The Labute approximate surface area is 118 Å². The molecule has 0 radical (unpaired) electrons. The van der Waals surface area contributed by atoms with Crippen molar-refractivity contribution in [3.05, 3.63) is 29.3 Å². The van der Waals surface area contributed by atoms with Crippen LogP contribution in [-0.4, -0.2) is 25.2 Å². The molecule has 2 rings (SSSR count). The SMILES string of the molecule is CCc1cccc(CC)c1N1CCC(C)NC(C)C1. The monoisotopic (exact) mass is 260 g/mol. The number of rotatable bonds is 3. The fourth-order valence-electron chi connectivity index (χ4n) is 3.22. The fraction of sp³-hybridized carbons (Fsp3) is 0.647. The van der Waals surface area contributed by atoms with Crippen LogP contribution in [0.1, 0.15) is 45.2 Å². The largest absolute Gasteiger partial charge is 0.369 e. The van der Waals surface area contributed by atoms with Crippen LogP contribution in [-0.2, 0) is 12.8 Å². The third-order valence-corrected chi connectivity index (χ3v) is 4.18. The van der Waals surface area contributed by atoms with Crippen LogP contribution in [0.2, 0.25) is 0 Å². The van der Waals surface area contributed by atoms with Gasteiger partial charge in [0.15, 0.2) is 0 Å². The summed E-state index contributed by atoms with van der Waals surface area (Å²) < 4.78 is 0. The van der Waals surface area contributed by atoms with Crippen LogP contribution in [0.3, 0.4) is 0 Å². The van der Waals surface area contributed by atoms with E-state index in [1.807, 2.05) is 0 Å². The summed E-state index contributed by atoms with van der Waals surface area (Å²) in [6, 6.07) is 7.98. The summed E-state index contributed by atoms with van der Waals surface area (Å²) >= 11 is 0. The van der Waals surface area contributed by atoms with Crippen molar-refractivity contribution in [3.63, 3.8) is 0 Å². The predicted molar refractivity (Wildman–Crippen MR) is 84.1 cm³/mol. The molecule has 1 aliphatic heterocycles. The van der Waals surface area contributed by atoms with Crippen molar-refractivity contribution >= 4 is 5.69 Å². The molecule has 0 amide bonds. The summed E-state index contributed by atoms with van der Waals surface area (Å²) in [6.07, 6.45) is 3.47. The van der Waals surface area contributed by atoms with Crippen molar-refractivity contribution in [2.24, 2.45) is 0 Å². The second-order valence-electron chi connectivity index (χ2n) is 5.84. The van der Waals surface area contributed by atoms with Gasteiger partial charge in [-0.1, -0.05) is 32.0 Å². The van der Waals surface area contributed by atoms with E-state index in [1.165, 1.54) is 29.8 Å².